The summed E-state index contributed by atoms with van der Waals surface area (Å²) in [5.74, 6) is -0.546. The number of carbonyl (C=O) groups is 1. The van der Waals surface area contributed by atoms with Gasteiger partial charge in [-0.1, -0.05) is 12.1 Å². The van der Waals surface area contributed by atoms with E-state index in [0.29, 0.717) is 82.5 Å². The van der Waals surface area contributed by atoms with Gasteiger partial charge in [-0.05, 0) is 49.2 Å². The van der Waals surface area contributed by atoms with Crippen molar-refractivity contribution in [3.8, 4) is 28.8 Å². The van der Waals surface area contributed by atoms with E-state index in [1.807, 2.05) is 4.57 Å². The van der Waals surface area contributed by atoms with Crippen molar-refractivity contribution in [2.75, 3.05) is 20.3 Å². The van der Waals surface area contributed by atoms with Crippen molar-refractivity contribution >= 4 is 17.0 Å². The van der Waals surface area contributed by atoms with Gasteiger partial charge in [0.15, 0.2) is 0 Å². The second-order valence-electron chi connectivity index (χ2n) is 11.3. The molecule has 0 unspecified atom stereocenters. The third-order valence-corrected chi connectivity index (χ3v) is 8.39. The minimum atomic E-state index is -1.09. The number of aromatic nitrogens is 4. The van der Waals surface area contributed by atoms with Gasteiger partial charge >= 0.3 is 12.0 Å². The van der Waals surface area contributed by atoms with Crippen molar-refractivity contribution in [2.45, 2.75) is 45.4 Å². The van der Waals surface area contributed by atoms with Crippen LogP contribution in [0.3, 0.4) is 0 Å². The number of aryl methyl sites for hydroxylation is 1. The molecule has 1 fully saturated rings. The normalized spacial score (nSPS) is 15.3. The quantitative estimate of drug-likeness (QED) is 0.208. The maximum atomic E-state index is 16.1. The van der Waals surface area contributed by atoms with E-state index >= 15 is 4.39 Å². The molecule has 1 N–H and O–H groups in total. The first-order chi connectivity index (χ1) is 22.3. The SMILES string of the molecule is COc1cc(C(=O)O)cc2c1nc(Cc1c(F)cc(-c3ccnc(OCc4ccc(C)cc4F)n3)c3c1CCO3)n2C[C@@H]1CCO1. The van der Waals surface area contributed by atoms with Gasteiger partial charge in [0.1, 0.15) is 41.1 Å². The number of hydrogen-bond donors (Lipinski definition) is 1. The number of rotatable bonds is 10. The van der Waals surface area contributed by atoms with E-state index in [-0.39, 0.29) is 36.5 Å². The molecule has 2 aliphatic rings. The topological polar surface area (TPSA) is 118 Å². The van der Waals surface area contributed by atoms with Crippen molar-refractivity contribution in [2.24, 2.45) is 0 Å². The molecule has 10 nitrogen and oxygen atoms in total. The summed E-state index contributed by atoms with van der Waals surface area (Å²) < 4.78 is 55.3. The highest BCUT2D eigenvalue weighted by molar-refractivity contribution is 5.95. The molecule has 46 heavy (non-hydrogen) atoms. The number of fused-ring (bicyclic) bond motifs is 2. The lowest BCUT2D eigenvalue weighted by Crippen LogP contribution is -2.31. The molecular formula is C34H30F2N4O6. The van der Waals surface area contributed by atoms with Crippen molar-refractivity contribution in [1.29, 1.82) is 0 Å². The average molecular weight is 629 g/mol. The fourth-order valence-corrected chi connectivity index (χ4v) is 5.91. The van der Waals surface area contributed by atoms with Crippen LogP contribution in [0.2, 0.25) is 0 Å². The van der Waals surface area contributed by atoms with E-state index in [0.717, 1.165) is 12.0 Å². The molecule has 0 radical (unpaired) electrons. The van der Waals surface area contributed by atoms with E-state index in [9.17, 15) is 14.3 Å². The highest BCUT2D eigenvalue weighted by atomic mass is 19.1. The van der Waals surface area contributed by atoms with Crippen LogP contribution in [-0.4, -0.2) is 57.0 Å². The molecule has 4 heterocycles. The number of aromatic carboxylic acids is 1. The van der Waals surface area contributed by atoms with Gasteiger partial charge < -0.3 is 28.6 Å². The second kappa shape index (κ2) is 12.0. The lowest BCUT2D eigenvalue weighted by Gasteiger charge is -2.27. The van der Waals surface area contributed by atoms with E-state index in [2.05, 4.69) is 9.97 Å². The standard InChI is InChI=1S/C34H30F2N4O6/c1-18-3-4-19(25(35)11-18)17-46-34-37-8-5-27(38-34)24-14-26(36)23(22-7-10-45-32(22)24)15-30-39-31-28(40(30)16-21-6-9-44-21)12-20(33(41)42)13-29(31)43-2/h3-5,8,11-14,21H,6-7,9-10,15-17H2,1-2H3,(H,41,42)/t21-/m0/s1. The second-order valence-corrected chi connectivity index (χ2v) is 11.3. The molecule has 236 valence electrons. The van der Waals surface area contributed by atoms with Crippen LogP contribution >= 0.6 is 0 Å². The number of ether oxygens (including phenoxy) is 4. The van der Waals surface area contributed by atoms with Crippen LogP contribution in [0.5, 0.6) is 17.5 Å². The number of carboxylic acid groups (broad SMARTS) is 1. The molecule has 5 aromatic rings. The predicted molar refractivity (Wildman–Crippen MR) is 163 cm³/mol. The van der Waals surface area contributed by atoms with Gasteiger partial charge in [-0.25, -0.2) is 23.5 Å². The summed E-state index contributed by atoms with van der Waals surface area (Å²) in [7, 11) is 1.46. The third kappa shape index (κ3) is 5.49. The molecule has 1 saturated heterocycles. The Morgan fingerprint density at radius 2 is 1.96 bits per heavy atom. The Morgan fingerprint density at radius 3 is 2.70 bits per heavy atom. The Kier molecular flexibility index (Phi) is 7.73. The Labute approximate surface area is 262 Å². The van der Waals surface area contributed by atoms with E-state index in [4.69, 9.17) is 23.9 Å². The van der Waals surface area contributed by atoms with Crippen molar-refractivity contribution in [3.63, 3.8) is 0 Å². The monoisotopic (exact) mass is 628 g/mol. The van der Waals surface area contributed by atoms with Crippen molar-refractivity contribution < 1.29 is 37.6 Å². The average Bonchev–Trinajstić information content (AvgIpc) is 3.64. The van der Waals surface area contributed by atoms with Crippen LogP contribution in [0, 0.1) is 18.6 Å². The van der Waals surface area contributed by atoms with Gasteiger partial charge in [0.25, 0.3) is 0 Å². The van der Waals surface area contributed by atoms with E-state index < -0.39 is 11.8 Å². The maximum absolute atomic E-state index is 16.1. The number of methoxy groups -OCH3 is 1. The summed E-state index contributed by atoms with van der Waals surface area (Å²) >= 11 is 0. The third-order valence-electron chi connectivity index (χ3n) is 8.39. The largest absolute Gasteiger partial charge is 0.494 e. The number of nitrogens with zero attached hydrogens (tertiary/aromatic N) is 4. The molecule has 7 rings (SSSR count). The first-order valence-corrected chi connectivity index (χ1v) is 14.9. The number of halogens is 2. The Balaban J connectivity index is 1.24. The summed E-state index contributed by atoms with van der Waals surface area (Å²) in [5, 5.41) is 9.71. The molecule has 0 aliphatic carbocycles. The minimum Gasteiger partial charge on any atom is -0.494 e. The van der Waals surface area contributed by atoms with Gasteiger partial charge in [0, 0.05) is 47.9 Å². The molecule has 0 spiro atoms. The van der Waals surface area contributed by atoms with Gasteiger partial charge in [0.05, 0.1) is 43.1 Å². The van der Waals surface area contributed by atoms with Crippen LogP contribution in [-0.2, 0) is 30.7 Å². The van der Waals surface area contributed by atoms with Gasteiger partial charge in [-0.15, -0.1) is 0 Å². The lowest BCUT2D eigenvalue weighted by atomic mass is 9.96. The number of benzene rings is 3. The Bertz CT molecular complexity index is 1990. The summed E-state index contributed by atoms with van der Waals surface area (Å²) in [6, 6.07) is 10.9. The fraction of sp³-hybridized carbons (Fsp3) is 0.294. The molecule has 0 saturated carbocycles. The van der Waals surface area contributed by atoms with Gasteiger partial charge in [-0.3, -0.25) is 0 Å². The Hall–Kier alpha value is -5.10. The highest BCUT2D eigenvalue weighted by Gasteiger charge is 2.29. The van der Waals surface area contributed by atoms with Crippen molar-refractivity contribution in [3.05, 3.63) is 93.9 Å². The van der Waals surface area contributed by atoms with Crippen LogP contribution in [0.15, 0.2) is 48.7 Å². The smallest absolute Gasteiger partial charge is 0.335 e. The maximum Gasteiger partial charge on any atom is 0.335 e. The molecule has 0 bridgehead atoms. The lowest BCUT2D eigenvalue weighted by molar-refractivity contribution is -0.0589. The van der Waals surface area contributed by atoms with Crippen LogP contribution in [0.1, 0.15) is 44.9 Å². The molecule has 1 atom stereocenters. The minimum absolute atomic E-state index is 0.0234. The molecule has 2 aliphatic heterocycles. The zero-order valence-corrected chi connectivity index (χ0v) is 25.2. The van der Waals surface area contributed by atoms with Gasteiger partial charge in [0.2, 0.25) is 0 Å². The summed E-state index contributed by atoms with van der Waals surface area (Å²) in [6.45, 7) is 3.19. The number of imidazole rings is 1. The molecule has 2 aromatic heterocycles. The first kappa shape index (κ1) is 29.6. The van der Waals surface area contributed by atoms with E-state index in [1.54, 1.807) is 31.2 Å². The summed E-state index contributed by atoms with van der Waals surface area (Å²) in [5.41, 5.74) is 4.28. The number of carboxylic acids is 1. The molecule has 3 aromatic carbocycles. The zero-order chi connectivity index (χ0) is 31.9. The van der Waals surface area contributed by atoms with Gasteiger partial charge in [-0.2, -0.15) is 4.98 Å². The molecule has 0 amide bonds. The van der Waals surface area contributed by atoms with Crippen molar-refractivity contribution in [1.82, 2.24) is 19.5 Å². The molecular weight excluding hydrogens is 598 g/mol. The Morgan fingerprint density at radius 1 is 1.11 bits per heavy atom. The molecule has 12 heteroatoms. The fourth-order valence-electron chi connectivity index (χ4n) is 5.91. The van der Waals surface area contributed by atoms with Crippen LogP contribution in [0.25, 0.3) is 22.3 Å². The first-order valence-electron chi connectivity index (χ1n) is 14.9. The number of hydrogen-bond acceptors (Lipinski definition) is 8. The summed E-state index contributed by atoms with van der Waals surface area (Å²) in [6.07, 6.45) is 2.90. The van der Waals surface area contributed by atoms with E-state index in [1.165, 1.54) is 31.5 Å². The zero-order valence-electron chi connectivity index (χ0n) is 25.2. The van der Waals surface area contributed by atoms with Crippen LogP contribution < -0.4 is 14.2 Å². The summed E-state index contributed by atoms with van der Waals surface area (Å²) in [4.78, 5) is 25.3. The predicted octanol–water partition coefficient (Wildman–Crippen LogP) is 5.68. The highest BCUT2D eigenvalue weighted by Crippen LogP contribution is 2.41. The van der Waals surface area contributed by atoms with Crippen LogP contribution in [0.4, 0.5) is 8.78 Å².